The Kier molecular flexibility index (Phi) is 27.9. The van der Waals surface area contributed by atoms with E-state index in [1.165, 1.54) is 13.8 Å². The van der Waals surface area contributed by atoms with Crippen molar-refractivity contribution in [2.24, 2.45) is 34.8 Å². The molecule has 0 aromatic heterocycles. The zero-order valence-corrected chi connectivity index (χ0v) is 44.5. The average molecular weight is 1090 g/mol. The lowest BCUT2D eigenvalue weighted by atomic mass is 9.86. The van der Waals surface area contributed by atoms with E-state index in [2.05, 4.69) is 53.2 Å². The zero-order chi connectivity index (χ0) is 57.4. The number of nitrogens with two attached hydrogens (primary N) is 4. The Morgan fingerprint density at radius 2 is 1.09 bits per heavy atom. The van der Waals surface area contributed by atoms with Crippen molar-refractivity contribution < 1.29 is 63.3 Å². The molecule has 21 N–H and O–H groups in total. The minimum atomic E-state index is -1.67. The van der Waals surface area contributed by atoms with Crippen LogP contribution in [0.5, 0.6) is 0 Å². The maximum absolute atomic E-state index is 14.4. The van der Waals surface area contributed by atoms with Crippen LogP contribution >= 0.6 is 0 Å². The zero-order valence-electron chi connectivity index (χ0n) is 44.5. The summed E-state index contributed by atoms with van der Waals surface area (Å²) in [7, 11) is 0. The highest BCUT2D eigenvalue weighted by molar-refractivity contribution is 5.99. The van der Waals surface area contributed by atoms with Crippen molar-refractivity contribution in [1.29, 1.82) is 0 Å². The first-order valence-electron chi connectivity index (χ1n) is 26.4. The van der Waals surface area contributed by atoms with Crippen LogP contribution in [0.15, 0.2) is 30.3 Å². The van der Waals surface area contributed by atoms with Crippen LogP contribution in [-0.4, -0.2) is 180 Å². The fourth-order valence-corrected chi connectivity index (χ4v) is 8.79. The van der Waals surface area contributed by atoms with E-state index in [1.54, 1.807) is 44.2 Å². The quantitative estimate of drug-likeness (QED) is 0.0578. The molecule has 27 nitrogen and oxygen atoms in total. The summed E-state index contributed by atoms with van der Waals surface area (Å²) in [5, 5.41) is 56.8. The molecule has 27 heteroatoms. The summed E-state index contributed by atoms with van der Waals surface area (Å²) in [5.41, 5.74) is 24.1. The largest absolute Gasteiger partial charge is 0.393 e. The van der Waals surface area contributed by atoms with Crippen LogP contribution in [0.25, 0.3) is 0 Å². The highest BCUT2D eigenvalue weighted by Crippen LogP contribution is 2.24. The smallest absolute Gasteiger partial charge is 0.245 e. The van der Waals surface area contributed by atoms with E-state index in [4.69, 9.17) is 22.9 Å². The highest BCUT2D eigenvalue weighted by atomic mass is 16.3. The molecule has 2 aliphatic rings. The first-order valence-corrected chi connectivity index (χ1v) is 26.4. The van der Waals surface area contributed by atoms with Crippen molar-refractivity contribution in [3.8, 4) is 0 Å². The molecule has 2 fully saturated rings. The third kappa shape index (κ3) is 21.5. The minimum Gasteiger partial charge on any atom is -0.393 e. The molecule has 77 heavy (non-hydrogen) atoms. The summed E-state index contributed by atoms with van der Waals surface area (Å²) in [5.74, 6) is -9.51. The van der Waals surface area contributed by atoms with Gasteiger partial charge in [0.25, 0.3) is 0 Å². The predicted molar refractivity (Wildman–Crippen MR) is 281 cm³/mol. The molecule has 10 amide bonds. The lowest BCUT2D eigenvalue weighted by Crippen LogP contribution is -2.61. The topological polar surface area (TPSA) is 456 Å². The molecule has 1 aromatic carbocycles. The standard InChI is InChI=1S/C50H84N14O13/c1-26(2)24-37-47(74)58-32(14-19-51)42(69)57-35(17-22-54)46(73)64-39(27(3)65)49(76)55-23-18-36(45(72)56-33(15-20-52)44(71)62-38(48(75)61-37)25-29-8-6-5-7-9-29)59-43(70)34(16-21-53)60-50(77)40(28(4)66)63-41(68)30-10-12-31(67)13-11-30/h5-9,26-28,30-40,65-67H,10-25,51-54H2,1-4H3,(H,55,76)(H,56,72)(H,57,69)(H,58,74)(H,59,70)(H,60,77)(H,61,75)(H,62,71)(H,63,68)(H,64,73)/t27?,28?,30?,31?,32-,33-,34-,35-,36-,37-,38+,39?,40-/m0/s1. The van der Waals surface area contributed by atoms with Gasteiger partial charge in [-0.1, -0.05) is 44.2 Å². The second-order valence-electron chi connectivity index (χ2n) is 20.1. The van der Waals surface area contributed by atoms with Gasteiger partial charge in [0.1, 0.15) is 54.4 Å². The second kappa shape index (κ2) is 33.0. The SMILES string of the molecule is CC(C)C[C@@H]1NC(=O)[C@@H](Cc2ccccc2)NC(=O)[C@H](CCN)NC(=O)[C@@H](NC(=O)[C@H](CCN)NC(=O)[C@@H](NC(=O)C2CCC(O)CC2)C(C)O)CCNC(=O)C(C(C)O)NC(=O)[C@H](CCN)NC(=O)[C@H](CCN)NC1=O. The molecule has 11 atom stereocenters. The van der Waals surface area contributed by atoms with E-state index in [0.717, 1.165) is 0 Å². The third-order valence-corrected chi connectivity index (χ3v) is 13.2. The van der Waals surface area contributed by atoms with Crippen molar-refractivity contribution in [2.75, 3.05) is 32.7 Å². The van der Waals surface area contributed by atoms with E-state index in [0.29, 0.717) is 31.2 Å². The molecule has 1 heterocycles. The van der Waals surface area contributed by atoms with E-state index in [-0.39, 0.29) is 70.6 Å². The van der Waals surface area contributed by atoms with Crippen molar-refractivity contribution in [1.82, 2.24) is 53.2 Å². The Hall–Kier alpha value is -6.36. The number of hydrogen-bond donors (Lipinski definition) is 17. The molecular weight excluding hydrogens is 1000 g/mol. The van der Waals surface area contributed by atoms with E-state index in [1.807, 2.05) is 0 Å². The molecule has 1 saturated heterocycles. The monoisotopic (exact) mass is 1090 g/mol. The molecule has 1 aliphatic carbocycles. The van der Waals surface area contributed by atoms with E-state index >= 15 is 0 Å². The number of amides is 10. The lowest BCUT2D eigenvalue weighted by Gasteiger charge is -2.29. The summed E-state index contributed by atoms with van der Waals surface area (Å²) in [6.45, 7) is 5.01. The fourth-order valence-electron chi connectivity index (χ4n) is 8.79. The number of nitrogens with one attached hydrogen (secondary N) is 10. The maximum Gasteiger partial charge on any atom is 0.245 e. The lowest BCUT2D eigenvalue weighted by molar-refractivity contribution is -0.137. The Balaban J connectivity index is 2.10. The normalized spacial score (nSPS) is 26.4. The Bertz CT molecular complexity index is 2130. The number of benzene rings is 1. The molecule has 432 valence electrons. The summed E-state index contributed by atoms with van der Waals surface area (Å²) in [6.07, 6.45) is -3.31. The molecular formula is C50H84N14O13. The summed E-state index contributed by atoms with van der Waals surface area (Å²) in [4.78, 5) is 140. The third-order valence-electron chi connectivity index (χ3n) is 13.2. The minimum absolute atomic E-state index is 0.0564. The average Bonchev–Trinajstić information content (AvgIpc) is 3.37. The number of rotatable bonds is 20. The van der Waals surface area contributed by atoms with Gasteiger partial charge in [-0.2, -0.15) is 0 Å². The van der Waals surface area contributed by atoms with Crippen LogP contribution in [-0.2, 0) is 54.4 Å². The molecule has 1 aliphatic heterocycles. The fraction of sp³-hybridized carbons (Fsp3) is 0.680. The van der Waals surface area contributed by atoms with Crippen molar-refractivity contribution in [2.45, 2.75) is 171 Å². The van der Waals surface area contributed by atoms with Gasteiger partial charge in [0.15, 0.2) is 0 Å². The maximum atomic E-state index is 14.4. The molecule has 0 bridgehead atoms. The number of aliphatic hydroxyl groups is 3. The molecule has 0 spiro atoms. The van der Waals surface area contributed by atoms with Gasteiger partial charge in [-0.05, 0) is 116 Å². The van der Waals surface area contributed by atoms with Crippen LogP contribution in [0.3, 0.4) is 0 Å². The number of carbonyl (C=O) groups excluding carboxylic acids is 10. The van der Waals surface area contributed by atoms with Gasteiger partial charge in [0, 0.05) is 18.9 Å². The summed E-state index contributed by atoms with van der Waals surface area (Å²) in [6, 6.07) is -4.63. The Morgan fingerprint density at radius 1 is 0.597 bits per heavy atom. The van der Waals surface area contributed by atoms with Gasteiger partial charge in [0.05, 0.1) is 18.3 Å². The van der Waals surface area contributed by atoms with Crippen molar-refractivity contribution in [3.63, 3.8) is 0 Å². The second-order valence-corrected chi connectivity index (χ2v) is 20.1. The molecule has 0 radical (unpaired) electrons. The number of carbonyl (C=O) groups is 10. The van der Waals surface area contributed by atoms with Crippen LogP contribution in [0.1, 0.15) is 97.5 Å². The number of hydrogen-bond acceptors (Lipinski definition) is 17. The Morgan fingerprint density at radius 3 is 1.60 bits per heavy atom. The van der Waals surface area contributed by atoms with Crippen LogP contribution < -0.4 is 76.1 Å². The molecule has 1 saturated carbocycles. The van der Waals surface area contributed by atoms with Gasteiger partial charge >= 0.3 is 0 Å². The highest BCUT2D eigenvalue weighted by Gasteiger charge is 2.38. The van der Waals surface area contributed by atoms with Crippen molar-refractivity contribution in [3.05, 3.63) is 35.9 Å². The van der Waals surface area contributed by atoms with Crippen LogP contribution in [0.4, 0.5) is 0 Å². The van der Waals surface area contributed by atoms with Crippen LogP contribution in [0.2, 0.25) is 0 Å². The molecule has 3 rings (SSSR count). The number of aliphatic hydroxyl groups excluding tert-OH is 3. The predicted octanol–water partition coefficient (Wildman–Crippen LogP) is -6.13. The Labute approximate surface area is 448 Å². The van der Waals surface area contributed by atoms with Gasteiger partial charge < -0.3 is 91.4 Å². The molecule has 1 aromatic rings. The first-order chi connectivity index (χ1) is 36.5. The van der Waals surface area contributed by atoms with Crippen LogP contribution in [0, 0.1) is 11.8 Å². The summed E-state index contributed by atoms with van der Waals surface area (Å²) < 4.78 is 0. The van der Waals surface area contributed by atoms with Gasteiger partial charge in [-0.3, -0.25) is 47.9 Å². The van der Waals surface area contributed by atoms with E-state index < -0.39 is 151 Å². The first kappa shape index (κ1) is 64.9. The van der Waals surface area contributed by atoms with E-state index in [9.17, 15) is 63.3 Å². The van der Waals surface area contributed by atoms with Gasteiger partial charge in [0.2, 0.25) is 59.1 Å². The summed E-state index contributed by atoms with van der Waals surface area (Å²) >= 11 is 0. The van der Waals surface area contributed by atoms with Crippen molar-refractivity contribution >= 4 is 59.1 Å². The molecule has 3 unspecified atom stereocenters. The van der Waals surface area contributed by atoms with Gasteiger partial charge in [-0.15, -0.1) is 0 Å². The van der Waals surface area contributed by atoms with Gasteiger partial charge in [-0.25, -0.2) is 0 Å².